The van der Waals surface area contributed by atoms with Gasteiger partial charge in [-0.15, -0.1) is 11.8 Å². The number of nitrogens with one attached hydrogen (secondary N) is 1. The number of amides is 1. The number of rotatable bonds is 8. The molecule has 1 aromatic carbocycles. The van der Waals surface area contributed by atoms with Crippen LogP contribution in [0.3, 0.4) is 0 Å². The van der Waals surface area contributed by atoms with Crippen molar-refractivity contribution >= 4 is 23.6 Å². The fourth-order valence-corrected chi connectivity index (χ4v) is 2.69. The zero-order chi connectivity index (χ0) is 15.0. The van der Waals surface area contributed by atoms with Crippen LogP contribution in [-0.2, 0) is 15.3 Å². The minimum Gasteiger partial charge on any atom is -0.480 e. The summed E-state index contributed by atoms with van der Waals surface area (Å²) in [5, 5.41) is 11.8. The van der Waals surface area contributed by atoms with Crippen LogP contribution >= 0.6 is 11.8 Å². The third-order valence-corrected chi connectivity index (χ3v) is 3.99. The Balaban J connectivity index is 2.41. The molecule has 1 atom stereocenters. The van der Waals surface area contributed by atoms with Gasteiger partial charge in [0.05, 0.1) is 5.75 Å². The molecule has 110 valence electrons. The second-order valence-corrected chi connectivity index (χ2v) is 5.90. The number of carboxylic acid groups (broad SMARTS) is 1. The molecule has 2 N–H and O–H groups in total. The van der Waals surface area contributed by atoms with Crippen LogP contribution in [0.2, 0.25) is 0 Å². The third kappa shape index (κ3) is 5.25. The van der Waals surface area contributed by atoms with Gasteiger partial charge in [0, 0.05) is 5.75 Å². The van der Waals surface area contributed by atoms with Crippen LogP contribution in [0.5, 0.6) is 0 Å². The Bertz CT molecular complexity index is 450. The van der Waals surface area contributed by atoms with E-state index in [0.717, 1.165) is 11.3 Å². The van der Waals surface area contributed by atoms with Crippen LogP contribution in [-0.4, -0.2) is 28.3 Å². The van der Waals surface area contributed by atoms with Gasteiger partial charge in [-0.3, -0.25) is 4.79 Å². The fourth-order valence-electron chi connectivity index (χ4n) is 1.90. The lowest BCUT2D eigenvalue weighted by Gasteiger charge is -2.25. The van der Waals surface area contributed by atoms with Gasteiger partial charge in [0.25, 0.3) is 0 Å². The van der Waals surface area contributed by atoms with Crippen LogP contribution in [0.15, 0.2) is 30.3 Å². The highest BCUT2D eigenvalue weighted by Gasteiger charge is 2.33. The molecule has 0 aliphatic rings. The van der Waals surface area contributed by atoms with Crippen molar-refractivity contribution in [2.45, 2.75) is 38.0 Å². The number of carbonyl (C=O) groups is 2. The van der Waals surface area contributed by atoms with Crippen molar-refractivity contribution in [3.05, 3.63) is 35.9 Å². The van der Waals surface area contributed by atoms with Crippen LogP contribution < -0.4 is 5.32 Å². The third-order valence-electron chi connectivity index (χ3n) is 2.98. The summed E-state index contributed by atoms with van der Waals surface area (Å²) in [7, 11) is 0. The van der Waals surface area contributed by atoms with Crippen molar-refractivity contribution in [2.24, 2.45) is 0 Å². The summed E-state index contributed by atoms with van der Waals surface area (Å²) < 4.78 is 0. The van der Waals surface area contributed by atoms with Crippen LogP contribution in [0.4, 0.5) is 0 Å². The van der Waals surface area contributed by atoms with Gasteiger partial charge in [0.15, 0.2) is 0 Å². The number of thioether (sulfide) groups is 1. The molecule has 0 aromatic heterocycles. The fraction of sp³-hybridized carbons (Fsp3) is 0.467. The maximum absolute atomic E-state index is 11.8. The Kier molecular flexibility index (Phi) is 6.58. The van der Waals surface area contributed by atoms with E-state index < -0.39 is 11.5 Å². The van der Waals surface area contributed by atoms with Gasteiger partial charge in [-0.05, 0) is 18.9 Å². The van der Waals surface area contributed by atoms with E-state index >= 15 is 0 Å². The highest BCUT2D eigenvalue weighted by atomic mass is 32.2. The minimum atomic E-state index is -1.17. The summed E-state index contributed by atoms with van der Waals surface area (Å²) in [6, 6.07) is 9.87. The molecule has 0 saturated heterocycles. The summed E-state index contributed by atoms with van der Waals surface area (Å²) >= 11 is 1.48. The van der Waals surface area contributed by atoms with Crippen molar-refractivity contribution in [3.8, 4) is 0 Å². The van der Waals surface area contributed by atoms with Gasteiger partial charge < -0.3 is 10.4 Å². The van der Waals surface area contributed by atoms with E-state index in [0.29, 0.717) is 12.8 Å². The summed E-state index contributed by atoms with van der Waals surface area (Å²) in [6.07, 6.45) is 1.14. The van der Waals surface area contributed by atoms with Crippen molar-refractivity contribution < 1.29 is 14.7 Å². The predicted octanol–water partition coefficient (Wildman–Crippen LogP) is 2.68. The van der Waals surface area contributed by atoms with E-state index in [9.17, 15) is 14.7 Å². The molecule has 1 unspecified atom stereocenters. The zero-order valence-electron chi connectivity index (χ0n) is 11.9. The van der Waals surface area contributed by atoms with Crippen molar-refractivity contribution in [3.63, 3.8) is 0 Å². The Labute approximate surface area is 124 Å². The molecule has 1 rings (SSSR count). The van der Waals surface area contributed by atoms with Crippen molar-refractivity contribution in [1.82, 2.24) is 5.32 Å². The molecule has 4 nitrogen and oxygen atoms in total. The van der Waals surface area contributed by atoms with Gasteiger partial charge in [-0.2, -0.15) is 0 Å². The van der Waals surface area contributed by atoms with Crippen molar-refractivity contribution in [1.29, 1.82) is 0 Å². The molecule has 1 aromatic rings. The normalized spacial score (nSPS) is 13.5. The van der Waals surface area contributed by atoms with Gasteiger partial charge in [0.2, 0.25) is 5.91 Å². The summed E-state index contributed by atoms with van der Waals surface area (Å²) in [5.74, 6) is -0.210. The molecule has 5 heteroatoms. The minimum absolute atomic E-state index is 0.232. The first-order valence-electron chi connectivity index (χ1n) is 6.64. The van der Waals surface area contributed by atoms with Gasteiger partial charge in [-0.25, -0.2) is 4.79 Å². The van der Waals surface area contributed by atoms with E-state index in [2.05, 4.69) is 5.32 Å². The Morgan fingerprint density at radius 3 is 2.50 bits per heavy atom. The number of hydrogen-bond donors (Lipinski definition) is 2. The largest absolute Gasteiger partial charge is 0.480 e. The van der Waals surface area contributed by atoms with Gasteiger partial charge in [-0.1, -0.05) is 43.7 Å². The summed E-state index contributed by atoms with van der Waals surface area (Å²) in [5.41, 5.74) is -0.0149. The number of carboxylic acids is 1. The highest BCUT2D eigenvalue weighted by molar-refractivity contribution is 7.99. The first-order valence-corrected chi connectivity index (χ1v) is 7.79. The average molecular weight is 295 g/mol. The quantitative estimate of drug-likeness (QED) is 0.774. The van der Waals surface area contributed by atoms with E-state index in [1.807, 2.05) is 37.3 Å². The molecule has 0 aliphatic carbocycles. The van der Waals surface area contributed by atoms with E-state index in [4.69, 9.17) is 0 Å². The van der Waals surface area contributed by atoms with E-state index in [1.54, 1.807) is 6.92 Å². The first kappa shape index (κ1) is 16.6. The molecule has 0 bridgehead atoms. The smallest absolute Gasteiger partial charge is 0.329 e. The maximum atomic E-state index is 11.8. The first-order chi connectivity index (χ1) is 9.48. The van der Waals surface area contributed by atoms with Gasteiger partial charge in [0.1, 0.15) is 5.54 Å². The van der Waals surface area contributed by atoms with Crippen LogP contribution in [0.25, 0.3) is 0 Å². The number of carbonyl (C=O) groups excluding carboxylic acids is 1. The van der Waals surface area contributed by atoms with Crippen molar-refractivity contribution in [2.75, 3.05) is 5.75 Å². The molecule has 20 heavy (non-hydrogen) atoms. The molecule has 1 amide bonds. The molecule has 0 spiro atoms. The SMILES string of the molecule is CCCC(C)(NC(=O)CSCc1ccccc1)C(=O)O. The second kappa shape index (κ2) is 7.94. The number of hydrogen-bond acceptors (Lipinski definition) is 3. The molecule has 0 radical (unpaired) electrons. The average Bonchev–Trinajstić information content (AvgIpc) is 2.40. The molecule has 0 heterocycles. The molecule has 0 aliphatic heterocycles. The van der Waals surface area contributed by atoms with E-state index in [-0.39, 0.29) is 11.7 Å². The Hall–Kier alpha value is -1.49. The highest BCUT2D eigenvalue weighted by Crippen LogP contribution is 2.15. The summed E-state index contributed by atoms with van der Waals surface area (Å²) in [6.45, 7) is 3.45. The Morgan fingerprint density at radius 2 is 1.95 bits per heavy atom. The topological polar surface area (TPSA) is 66.4 Å². The molecular weight excluding hydrogens is 274 g/mol. The number of aliphatic carboxylic acids is 1. The zero-order valence-corrected chi connectivity index (χ0v) is 12.7. The molecule has 0 saturated carbocycles. The predicted molar refractivity (Wildman–Crippen MR) is 81.7 cm³/mol. The number of benzene rings is 1. The lowest BCUT2D eigenvalue weighted by Crippen LogP contribution is -2.52. The van der Waals surface area contributed by atoms with Gasteiger partial charge >= 0.3 is 5.97 Å². The maximum Gasteiger partial charge on any atom is 0.329 e. The monoisotopic (exact) mass is 295 g/mol. The molecule has 0 fully saturated rings. The lowest BCUT2D eigenvalue weighted by molar-refractivity contribution is -0.146. The lowest BCUT2D eigenvalue weighted by atomic mass is 9.96. The molecular formula is C15H21NO3S. The van der Waals surface area contributed by atoms with Crippen LogP contribution in [0, 0.1) is 0 Å². The standard InChI is InChI=1S/C15H21NO3S/c1-3-9-15(2,14(18)19)16-13(17)11-20-10-12-7-5-4-6-8-12/h4-8H,3,9-11H2,1-2H3,(H,16,17)(H,18,19). The summed E-state index contributed by atoms with van der Waals surface area (Å²) in [4.78, 5) is 23.1. The van der Waals surface area contributed by atoms with E-state index in [1.165, 1.54) is 11.8 Å². The second-order valence-electron chi connectivity index (χ2n) is 4.91. The Morgan fingerprint density at radius 1 is 1.30 bits per heavy atom. The van der Waals surface area contributed by atoms with Crippen LogP contribution in [0.1, 0.15) is 32.3 Å².